The molecule has 3 rings (SSSR count). The summed E-state index contributed by atoms with van der Waals surface area (Å²) >= 11 is 0. The van der Waals surface area contributed by atoms with Gasteiger partial charge in [-0.25, -0.2) is 0 Å². The molecule has 0 bridgehead atoms. The van der Waals surface area contributed by atoms with Gasteiger partial charge in [-0.2, -0.15) is 0 Å². The van der Waals surface area contributed by atoms with Gasteiger partial charge >= 0.3 is 5.97 Å². The molecule has 1 saturated heterocycles. The highest BCUT2D eigenvalue weighted by molar-refractivity contribution is 5.81. The minimum Gasteiger partial charge on any atom is -0.497 e. The van der Waals surface area contributed by atoms with Crippen molar-refractivity contribution in [3.63, 3.8) is 0 Å². The molecule has 0 aliphatic carbocycles. The summed E-state index contributed by atoms with van der Waals surface area (Å²) in [5, 5.41) is 9.65. The summed E-state index contributed by atoms with van der Waals surface area (Å²) < 4.78 is 5.16. The molecule has 2 atom stereocenters. The molecular formula is C20H21NO4. The summed E-state index contributed by atoms with van der Waals surface area (Å²) in [4.78, 5) is 26.0. The fourth-order valence-electron chi connectivity index (χ4n) is 3.39. The lowest BCUT2D eigenvalue weighted by Crippen LogP contribution is -2.44. The molecule has 1 fully saturated rings. The second-order valence-corrected chi connectivity index (χ2v) is 6.21. The summed E-state index contributed by atoms with van der Waals surface area (Å²) in [6.45, 7) is 0.381. The van der Waals surface area contributed by atoms with Crippen LogP contribution in [0.4, 0.5) is 0 Å². The van der Waals surface area contributed by atoms with E-state index in [0.717, 1.165) is 16.9 Å². The lowest BCUT2D eigenvalue weighted by atomic mass is 9.84. The highest BCUT2D eigenvalue weighted by atomic mass is 16.5. The highest BCUT2D eigenvalue weighted by Gasteiger charge is 2.40. The Labute approximate surface area is 146 Å². The Bertz CT molecular complexity index is 742. The smallest absolute Gasteiger partial charge is 0.308 e. The van der Waals surface area contributed by atoms with Crippen molar-refractivity contribution in [1.82, 2.24) is 4.90 Å². The number of likely N-dealkylation sites (tertiary alicyclic amines) is 1. The number of methoxy groups -OCH3 is 1. The van der Waals surface area contributed by atoms with E-state index in [4.69, 9.17) is 4.74 Å². The first-order valence-electron chi connectivity index (χ1n) is 8.30. The van der Waals surface area contributed by atoms with E-state index >= 15 is 0 Å². The van der Waals surface area contributed by atoms with Crippen molar-refractivity contribution in [2.45, 2.75) is 25.4 Å². The van der Waals surface area contributed by atoms with Crippen LogP contribution in [0.2, 0.25) is 0 Å². The molecule has 25 heavy (non-hydrogen) atoms. The molecule has 1 heterocycles. The van der Waals surface area contributed by atoms with Crippen LogP contribution in [-0.2, 0) is 16.1 Å². The van der Waals surface area contributed by atoms with Gasteiger partial charge in [0.15, 0.2) is 0 Å². The van der Waals surface area contributed by atoms with Crippen LogP contribution in [0.3, 0.4) is 0 Å². The van der Waals surface area contributed by atoms with Crippen LogP contribution >= 0.6 is 0 Å². The molecule has 1 aliphatic heterocycles. The first-order chi connectivity index (χ1) is 12.1. The number of hydrogen-bond acceptors (Lipinski definition) is 3. The highest BCUT2D eigenvalue weighted by Crippen LogP contribution is 2.38. The number of nitrogens with zero attached hydrogens (tertiary/aromatic N) is 1. The number of carbonyl (C=O) groups is 2. The number of piperidine rings is 1. The maximum absolute atomic E-state index is 12.6. The second kappa shape index (κ2) is 7.38. The zero-order valence-electron chi connectivity index (χ0n) is 14.1. The van der Waals surface area contributed by atoms with Gasteiger partial charge in [-0.3, -0.25) is 9.59 Å². The lowest BCUT2D eigenvalue weighted by molar-refractivity contribution is -0.152. The molecule has 1 N–H and O–H groups in total. The molecule has 0 saturated carbocycles. The molecule has 0 aromatic heterocycles. The van der Waals surface area contributed by atoms with Crippen molar-refractivity contribution in [2.75, 3.05) is 7.11 Å². The summed E-state index contributed by atoms with van der Waals surface area (Å²) in [5.41, 5.74) is 1.80. The Morgan fingerprint density at radius 2 is 1.84 bits per heavy atom. The first-order valence-corrected chi connectivity index (χ1v) is 8.30. The average Bonchev–Trinajstić information content (AvgIpc) is 2.64. The number of carboxylic acid groups (broad SMARTS) is 1. The quantitative estimate of drug-likeness (QED) is 0.908. The van der Waals surface area contributed by atoms with E-state index in [0.29, 0.717) is 13.0 Å². The monoisotopic (exact) mass is 339 g/mol. The van der Waals surface area contributed by atoms with E-state index in [1.165, 1.54) is 0 Å². The number of hydrogen-bond donors (Lipinski definition) is 1. The zero-order valence-corrected chi connectivity index (χ0v) is 14.1. The van der Waals surface area contributed by atoms with E-state index in [2.05, 4.69) is 0 Å². The van der Waals surface area contributed by atoms with Crippen LogP contribution in [0.15, 0.2) is 54.6 Å². The van der Waals surface area contributed by atoms with Gasteiger partial charge in [0.2, 0.25) is 5.91 Å². The van der Waals surface area contributed by atoms with E-state index < -0.39 is 17.9 Å². The normalized spacial score (nSPS) is 20.4. The third-order valence-corrected chi connectivity index (χ3v) is 4.68. The van der Waals surface area contributed by atoms with Gasteiger partial charge in [0, 0.05) is 13.0 Å². The summed E-state index contributed by atoms with van der Waals surface area (Å²) in [5.74, 6) is -0.724. The molecule has 1 aliphatic rings. The standard InChI is InChI=1S/C20H21NO4/c1-25-16-9-7-14(8-10-16)13-21-18(22)12-11-17(20(23)24)19(21)15-5-3-2-4-6-15/h2-10,17,19H,11-13H2,1H3,(H,23,24)/t17-,19-/m1/s1. The summed E-state index contributed by atoms with van der Waals surface area (Å²) in [6, 6.07) is 16.4. The van der Waals surface area contributed by atoms with Crippen molar-refractivity contribution in [1.29, 1.82) is 0 Å². The van der Waals surface area contributed by atoms with Crippen LogP contribution < -0.4 is 4.74 Å². The fraction of sp³-hybridized carbons (Fsp3) is 0.300. The molecule has 2 aromatic carbocycles. The Morgan fingerprint density at radius 1 is 1.16 bits per heavy atom. The number of amides is 1. The van der Waals surface area contributed by atoms with Gasteiger partial charge in [-0.1, -0.05) is 42.5 Å². The predicted molar refractivity (Wildman–Crippen MR) is 93.1 cm³/mol. The van der Waals surface area contributed by atoms with Gasteiger partial charge in [0.1, 0.15) is 5.75 Å². The summed E-state index contributed by atoms with van der Waals surface area (Å²) in [7, 11) is 1.60. The fourth-order valence-corrected chi connectivity index (χ4v) is 3.39. The van der Waals surface area contributed by atoms with Gasteiger partial charge in [-0.15, -0.1) is 0 Å². The lowest BCUT2D eigenvalue weighted by Gasteiger charge is -2.40. The van der Waals surface area contributed by atoms with E-state index in [9.17, 15) is 14.7 Å². The Kier molecular flexibility index (Phi) is 5.03. The number of ether oxygens (including phenoxy) is 1. The molecule has 130 valence electrons. The van der Waals surface area contributed by atoms with Gasteiger partial charge in [0.25, 0.3) is 0 Å². The molecule has 5 nitrogen and oxygen atoms in total. The molecule has 0 unspecified atom stereocenters. The van der Waals surface area contributed by atoms with Crippen LogP contribution in [-0.4, -0.2) is 29.0 Å². The SMILES string of the molecule is COc1ccc(CN2C(=O)CC[C@@H](C(=O)O)[C@H]2c2ccccc2)cc1. The topological polar surface area (TPSA) is 66.8 Å². The number of rotatable bonds is 5. The Morgan fingerprint density at radius 3 is 2.44 bits per heavy atom. The average molecular weight is 339 g/mol. The van der Waals surface area contributed by atoms with E-state index in [-0.39, 0.29) is 12.3 Å². The number of carboxylic acids is 1. The van der Waals surface area contributed by atoms with Crippen LogP contribution in [0.1, 0.15) is 30.0 Å². The zero-order chi connectivity index (χ0) is 17.8. The molecular weight excluding hydrogens is 318 g/mol. The van der Waals surface area contributed by atoms with E-state index in [1.807, 2.05) is 54.6 Å². The Balaban J connectivity index is 1.93. The second-order valence-electron chi connectivity index (χ2n) is 6.21. The number of carbonyl (C=O) groups excluding carboxylic acids is 1. The molecule has 1 amide bonds. The van der Waals surface area contributed by atoms with Gasteiger partial charge in [0.05, 0.1) is 19.1 Å². The Hall–Kier alpha value is -2.82. The summed E-state index contributed by atoms with van der Waals surface area (Å²) in [6.07, 6.45) is 0.628. The van der Waals surface area contributed by atoms with Crippen molar-refractivity contribution in [3.8, 4) is 5.75 Å². The van der Waals surface area contributed by atoms with Gasteiger partial charge < -0.3 is 14.7 Å². The van der Waals surface area contributed by atoms with Crippen molar-refractivity contribution in [2.24, 2.45) is 5.92 Å². The number of aliphatic carboxylic acids is 1. The maximum Gasteiger partial charge on any atom is 0.308 e. The molecule has 2 aromatic rings. The minimum atomic E-state index is -0.860. The van der Waals surface area contributed by atoms with Crippen LogP contribution in [0, 0.1) is 5.92 Å². The van der Waals surface area contributed by atoms with Crippen LogP contribution in [0.5, 0.6) is 5.75 Å². The van der Waals surface area contributed by atoms with Crippen molar-refractivity contribution in [3.05, 3.63) is 65.7 Å². The largest absolute Gasteiger partial charge is 0.497 e. The third-order valence-electron chi connectivity index (χ3n) is 4.68. The molecule has 5 heteroatoms. The maximum atomic E-state index is 12.6. The predicted octanol–water partition coefficient (Wildman–Crippen LogP) is 3.26. The van der Waals surface area contributed by atoms with Gasteiger partial charge in [-0.05, 0) is 29.7 Å². The van der Waals surface area contributed by atoms with Crippen molar-refractivity contribution < 1.29 is 19.4 Å². The van der Waals surface area contributed by atoms with E-state index in [1.54, 1.807) is 12.0 Å². The minimum absolute atomic E-state index is 0.0119. The van der Waals surface area contributed by atoms with Crippen LogP contribution in [0.25, 0.3) is 0 Å². The molecule has 0 radical (unpaired) electrons. The first kappa shape index (κ1) is 17.0. The third kappa shape index (κ3) is 3.65. The molecule has 0 spiro atoms. The van der Waals surface area contributed by atoms with Crippen molar-refractivity contribution >= 4 is 11.9 Å². The number of benzene rings is 2.